The van der Waals surface area contributed by atoms with Crippen molar-refractivity contribution in [1.82, 2.24) is 0 Å². The summed E-state index contributed by atoms with van der Waals surface area (Å²) < 4.78 is 0. The lowest BCUT2D eigenvalue weighted by Crippen LogP contribution is -2.05. The fraction of sp³-hybridized carbons (Fsp3) is 0.529. The van der Waals surface area contributed by atoms with Crippen molar-refractivity contribution >= 4 is 11.1 Å². The molecule has 0 fully saturated rings. The SMILES string of the molecule is CCCCC[C@H]1CC=C(c2ccc(-c3ccc(C4=CC[C@@H](CCCCC)CC4)cc3)cc2)CC1. The van der Waals surface area contributed by atoms with E-state index >= 15 is 0 Å². The number of unbranched alkanes of at least 4 members (excludes halogenated alkanes) is 4. The molecule has 0 radical (unpaired) electrons. The average Bonchev–Trinajstić information content (AvgIpc) is 2.90. The number of rotatable bonds is 11. The number of benzene rings is 2. The largest absolute Gasteiger partial charge is 0.0804 e. The summed E-state index contributed by atoms with van der Waals surface area (Å²) in [6, 6.07) is 18.6. The van der Waals surface area contributed by atoms with Gasteiger partial charge in [0.2, 0.25) is 0 Å². The third kappa shape index (κ3) is 6.97. The van der Waals surface area contributed by atoms with Crippen LogP contribution in [0.2, 0.25) is 0 Å². The van der Waals surface area contributed by atoms with Gasteiger partial charge in [0.15, 0.2) is 0 Å². The summed E-state index contributed by atoms with van der Waals surface area (Å²) in [5, 5.41) is 0. The van der Waals surface area contributed by atoms with E-state index in [1.165, 1.54) is 112 Å². The zero-order valence-electron chi connectivity index (χ0n) is 21.8. The highest BCUT2D eigenvalue weighted by molar-refractivity contribution is 5.73. The molecule has 0 nitrogen and oxygen atoms in total. The first-order chi connectivity index (χ1) is 16.8. The van der Waals surface area contributed by atoms with Crippen molar-refractivity contribution in [2.45, 2.75) is 104 Å². The van der Waals surface area contributed by atoms with Gasteiger partial charge in [0.25, 0.3) is 0 Å². The van der Waals surface area contributed by atoms with Crippen LogP contribution in [0.1, 0.15) is 115 Å². The Kier molecular flexibility index (Phi) is 9.66. The maximum Gasteiger partial charge on any atom is -0.0184 e. The lowest BCUT2D eigenvalue weighted by molar-refractivity contribution is 0.428. The van der Waals surface area contributed by atoms with Gasteiger partial charge < -0.3 is 0 Å². The van der Waals surface area contributed by atoms with Gasteiger partial charge in [-0.2, -0.15) is 0 Å². The third-order valence-corrected chi connectivity index (χ3v) is 8.32. The average molecular weight is 455 g/mol. The maximum atomic E-state index is 2.52. The second-order valence-electron chi connectivity index (χ2n) is 10.9. The van der Waals surface area contributed by atoms with Gasteiger partial charge in [-0.3, -0.25) is 0 Å². The van der Waals surface area contributed by atoms with Crippen molar-refractivity contribution < 1.29 is 0 Å². The molecule has 4 rings (SSSR count). The fourth-order valence-electron chi connectivity index (χ4n) is 5.95. The molecule has 0 heteroatoms. The quantitative estimate of drug-likeness (QED) is 0.296. The molecule has 182 valence electrons. The van der Waals surface area contributed by atoms with E-state index in [2.05, 4.69) is 74.5 Å². The van der Waals surface area contributed by atoms with Gasteiger partial charge in [-0.1, -0.05) is 126 Å². The molecular formula is C34H46. The van der Waals surface area contributed by atoms with E-state index in [4.69, 9.17) is 0 Å². The zero-order chi connectivity index (χ0) is 23.6. The van der Waals surface area contributed by atoms with Crippen molar-refractivity contribution in [1.29, 1.82) is 0 Å². The monoisotopic (exact) mass is 454 g/mol. The summed E-state index contributed by atoms with van der Waals surface area (Å²) in [6.07, 6.45) is 24.0. The smallest absolute Gasteiger partial charge is 0.0184 e. The molecule has 2 aliphatic rings. The Morgan fingerprint density at radius 3 is 1.24 bits per heavy atom. The standard InChI is InChI=1S/C34H46/c1-3-5-7-9-27-11-15-29(16-12-27)31-19-23-33(24-20-31)34-25-21-32(22-26-34)30-17-13-28(14-18-30)10-8-6-4-2/h15,17,19-28H,3-14,16,18H2,1-2H3/t27-,28+. The predicted octanol–water partition coefficient (Wildman–Crippen LogP) is 10.9. The van der Waals surface area contributed by atoms with Crippen LogP contribution in [0.4, 0.5) is 0 Å². The summed E-state index contributed by atoms with van der Waals surface area (Å²) >= 11 is 0. The molecule has 0 unspecified atom stereocenters. The molecule has 2 aliphatic carbocycles. The Hall–Kier alpha value is -2.08. The molecule has 0 saturated carbocycles. The molecular weight excluding hydrogens is 408 g/mol. The molecule has 0 saturated heterocycles. The predicted molar refractivity (Wildman–Crippen MR) is 151 cm³/mol. The van der Waals surface area contributed by atoms with Gasteiger partial charge in [0.05, 0.1) is 0 Å². The summed E-state index contributed by atoms with van der Waals surface area (Å²) in [5.41, 5.74) is 8.63. The first kappa shape index (κ1) is 25.0. The van der Waals surface area contributed by atoms with Crippen LogP contribution in [0.5, 0.6) is 0 Å². The Labute approximate surface area is 209 Å². The Bertz CT molecular complexity index is 846. The lowest BCUT2D eigenvalue weighted by atomic mass is 9.83. The van der Waals surface area contributed by atoms with Crippen LogP contribution in [-0.4, -0.2) is 0 Å². The second kappa shape index (κ2) is 13.1. The molecule has 2 aromatic carbocycles. The Morgan fingerprint density at radius 1 is 0.529 bits per heavy atom. The number of hydrogen-bond donors (Lipinski definition) is 0. The highest BCUT2D eigenvalue weighted by atomic mass is 14.2. The molecule has 0 spiro atoms. The van der Waals surface area contributed by atoms with Crippen molar-refractivity contribution in [2.75, 3.05) is 0 Å². The van der Waals surface area contributed by atoms with Crippen molar-refractivity contribution in [3.05, 3.63) is 71.8 Å². The van der Waals surface area contributed by atoms with Gasteiger partial charge >= 0.3 is 0 Å². The topological polar surface area (TPSA) is 0 Å². The van der Waals surface area contributed by atoms with Gasteiger partial charge in [-0.25, -0.2) is 0 Å². The molecule has 0 heterocycles. The normalized spacial score (nSPS) is 20.6. The number of hydrogen-bond acceptors (Lipinski definition) is 0. The minimum Gasteiger partial charge on any atom is -0.0804 e. The third-order valence-electron chi connectivity index (χ3n) is 8.32. The molecule has 0 amide bonds. The maximum absolute atomic E-state index is 2.52. The van der Waals surface area contributed by atoms with Gasteiger partial charge in [0.1, 0.15) is 0 Å². The van der Waals surface area contributed by atoms with Crippen LogP contribution in [0.15, 0.2) is 60.7 Å². The summed E-state index contributed by atoms with van der Waals surface area (Å²) in [4.78, 5) is 0. The summed E-state index contributed by atoms with van der Waals surface area (Å²) in [6.45, 7) is 4.60. The molecule has 0 aromatic heterocycles. The minimum absolute atomic E-state index is 0.916. The van der Waals surface area contributed by atoms with Crippen molar-refractivity contribution in [3.63, 3.8) is 0 Å². The van der Waals surface area contributed by atoms with Crippen LogP contribution in [0.25, 0.3) is 22.3 Å². The molecule has 0 aliphatic heterocycles. The zero-order valence-corrected chi connectivity index (χ0v) is 21.8. The highest BCUT2D eigenvalue weighted by Crippen LogP contribution is 2.35. The Morgan fingerprint density at radius 2 is 0.912 bits per heavy atom. The van der Waals surface area contributed by atoms with E-state index in [1.54, 1.807) is 11.1 Å². The van der Waals surface area contributed by atoms with Gasteiger partial charge in [-0.15, -0.1) is 0 Å². The van der Waals surface area contributed by atoms with E-state index in [-0.39, 0.29) is 0 Å². The van der Waals surface area contributed by atoms with Crippen molar-refractivity contribution in [2.24, 2.45) is 11.8 Å². The van der Waals surface area contributed by atoms with E-state index in [1.807, 2.05) is 0 Å². The molecule has 34 heavy (non-hydrogen) atoms. The van der Waals surface area contributed by atoms with Crippen LogP contribution < -0.4 is 0 Å². The van der Waals surface area contributed by atoms with E-state index in [0.717, 1.165) is 11.8 Å². The Balaban J connectivity index is 1.32. The van der Waals surface area contributed by atoms with Crippen LogP contribution in [-0.2, 0) is 0 Å². The summed E-state index contributed by atoms with van der Waals surface area (Å²) in [5.74, 6) is 1.83. The minimum atomic E-state index is 0.916. The molecule has 0 N–H and O–H groups in total. The van der Waals surface area contributed by atoms with Crippen molar-refractivity contribution in [3.8, 4) is 11.1 Å². The summed E-state index contributed by atoms with van der Waals surface area (Å²) in [7, 11) is 0. The molecule has 0 bridgehead atoms. The second-order valence-corrected chi connectivity index (χ2v) is 10.9. The molecule has 2 aromatic rings. The van der Waals surface area contributed by atoms with E-state index in [9.17, 15) is 0 Å². The molecule has 2 atom stereocenters. The van der Waals surface area contributed by atoms with E-state index < -0.39 is 0 Å². The van der Waals surface area contributed by atoms with Crippen LogP contribution >= 0.6 is 0 Å². The highest BCUT2D eigenvalue weighted by Gasteiger charge is 2.16. The fourth-order valence-corrected chi connectivity index (χ4v) is 5.95. The lowest BCUT2D eigenvalue weighted by Gasteiger charge is -2.22. The first-order valence-electron chi connectivity index (χ1n) is 14.4. The van der Waals surface area contributed by atoms with Gasteiger partial charge in [0, 0.05) is 0 Å². The van der Waals surface area contributed by atoms with Crippen LogP contribution in [0, 0.1) is 11.8 Å². The van der Waals surface area contributed by atoms with E-state index in [0.29, 0.717) is 0 Å². The van der Waals surface area contributed by atoms with Crippen LogP contribution in [0.3, 0.4) is 0 Å². The first-order valence-corrected chi connectivity index (χ1v) is 14.4. The number of allylic oxidation sites excluding steroid dienone is 4. The van der Waals surface area contributed by atoms with Gasteiger partial charge in [-0.05, 0) is 83.8 Å².